The van der Waals surface area contributed by atoms with Crippen LogP contribution in [0.1, 0.15) is 22.3 Å². The van der Waals surface area contributed by atoms with E-state index in [-0.39, 0.29) is 15.6 Å². The zero-order valence-electron chi connectivity index (χ0n) is 18.4. The Morgan fingerprint density at radius 2 is 1.71 bits per heavy atom. The van der Waals surface area contributed by atoms with Crippen molar-refractivity contribution in [1.82, 2.24) is 19.4 Å². The van der Waals surface area contributed by atoms with E-state index >= 15 is 0 Å². The molecule has 34 heavy (non-hydrogen) atoms. The molecule has 4 heterocycles. The largest absolute Gasteiger partial charge is 0.378 e. The smallest absolute Gasteiger partial charge is 0.233 e. The van der Waals surface area contributed by atoms with Gasteiger partial charge in [-0.15, -0.1) is 0 Å². The van der Waals surface area contributed by atoms with Crippen molar-refractivity contribution in [3.05, 3.63) is 78.5 Å². The van der Waals surface area contributed by atoms with Crippen LogP contribution in [0.5, 0.6) is 0 Å². The lowest BCUT2D eigenvalue weighted by molar-refractivity contribution is 0.0982. The minimum Gasteiger partial charge on any atom is -0.378 e. The van der Waals surface area contributed by atoms with Crippen molar-refractivity contribution in [3.8, 4) is 0 Å². The van der Waals surface area contributed by atoms with Crippen LogP contribution in [-0.2, 0) is 21.0 Å². The summed E-state index contributed by atoms with van der Waals surface area (Å²) in [4.78, 5) is 27.5. The van der Waals surface area contributed by atoms with E-state index in [0.29, 0.717) is 37.4 Å². The lowest BCUT2D eigenvalue weighted by atomic mass is 10.0. The van der Waals surface area contributed by atoms with Gasteiger partial charge in [0, 0.05) is 50.5 Å². The quantitative estimate of drug-likeness (QED) is 0.374. The molecule has 1 fully saturated rings. The normalized spacial score (nSPS) is 14.4. The number of fused-ring (bicyclic) bond motifs is 1. The van der Waals surface area contributed by atoms with Gasteiger partial charge in [0.05, 0.1) is 28.6 Å². The summed E-state index contributed by atoms with van der Waals surface area (Å²) >= 11 is 0. The zero-order chi connectivity index (χ0) is 23.5. The molecular weight excluding hydrogens is 454 g/mol. The number of pyridine rings is 1. The molecule has 3 aromatic heterocycles. The first-order valence-electron chi connectivity index (χ1n) is 11.0. The van der Waals surface area contributed by atoms with Gasteiger partial charge in [-0.25, -0.2) is 23.4 Å². The maximum atomic E-state index is 13.0. The standard InChI is InChI=1S/C24H23N5O4S/c30-22(19-15-27-24-25-9-10-29(24)17-19)7-3-18-1-4-20(5-2-18)34(31,32)21-6-8-23(26-16-21)28-11-13-33-14-12-28/h1-2,4-6,8-10,15-17H,3,7,11-14H2. The second-order valence-corrected chi connectivity index (χ2v) is 9.95. The molecule has 174 valence electrons. The fourth-order valence-corrected chi connectivity index (χ4v) is 5.05. The van der Waals surface area contributed by atoms with Gasteiger partial charge in [0.2, 0.25) is 15.6 Å². The van der Waals surface area contributed by atoms with Crippen LogP contribution in [0.25, 0.3) is 5.78 Å². The van der Waals surface area contributed by atoms with Gasteiger partial charge < -0.3 is 9.64 Å². The number of nitrogens with zero attached hydrogens (tertiary/aromatic N) is 5. The van der Waals surface area contributed by atoms with Gasteiger partial charge in [0.1, 0.15) is 5.82 Å². The molecule has 0 radical (unpaired) electrons. The number of ether oxygens (including phenoxy) is 1. The van der Waals surface area contributed by atoms with Crippen LogP contribution in [0.15, 0.2) is 77.2 Å². The number of aryl methyl sites for hydroxylation is 1. The molecule has 0 amide bonds. The lowest BCUT2D eigenvalue weighted by Crippen LogP contribution is -2.36. The number of ketones is 1. The molecule has 0 aliphatic carbocycles. The molecule has 1 aromatic carbocycles. The Morgan fingerprint density at radius 3 is 2.44 bits per heavy atom. The van der Waals surface area contributed by atoms with Crippen LogP contribution < -0.4 is 4.90 Å². The average Bonchev–Trinajstić information content (AvgIpc) is 3.36. The van der Waals surface area contributed by atoms with Crippen molar-refractivity contribution in [2.75, 3.05) is 31.2 Å². The molecule has 1 aliphatic heterocycles. The molecule has 0 N–H and O–H groups in total. The molecule has 0 unspecified atom stereocenters. The summed E-state index contributed by atoms with van der Waals surface area (Å²) in [5.41, 5.74) is 1.39. The highest BCUT2D eigenvalue weighted by atomic mass is 32.2. The number of anilines is 1. The van der Waals surface area contributed by atoms with Gasteiger partial charge in [0.15, 0.2) is 5.78 Å². The van der Waals surface area contributed by atoms with Crippen molar-refractivity contribution in [1.29, 1.82) is 0 Å². The predicted octanol–water partition coefficient (Wildman–Crippen LogP) is 2.61. The number of Topliss-reactive ketones (excluding diaryl/α,β-unsaturated/α-hetero) is 1. The molecule has 5 rings (SSSR count). The van der Waals surface area contributed by atoms with Crippen molar-refractivity contribution < 1.29 is 17.9 Å². The summed E-state index contributed by atoms with van der Waals surface area (Å²) in [6, 6.07) is 9.95. The SMILES string of the molecule is O=C(CCc1ccc(S(=O)(=O)c2ccc(N3CCOCC3)nc2)cc1)c1cnc2nccn2c1. The number of hydrogen-bond acceptors (Lipinski definition) is 8. The Bertz CT molecular complexity index is 1410. The highest BCUT2D eigenvalue weighted by molar-refractivity contribution is 7.91. The Kier molecular flexibility index (Phi) is 6.08. The molecule has 0 spiro atoms. The first-order valence-corrected chi connectivity index (χ1v) is 12.4. The molecular formula is C24H23N5O4S. The zero-order valence-corrected chi connectivity index (χ0v) is 19.2. The predicted molar refractivity (Wildman–Crippen MR) is 125 cm³/mol. The second kappa shape index (κ2) is 9.32. The van der Waals surface area contributed by atoms with Gasteiger partial charge in [-0.1, -0.05) is 12.1 Å². The Hall–Kier alpha value is -3.63. The van der Waals surface area contributed by atoms with Crippen molar-refractivity contribution in [2.45, 2.75) is 22.6 Å². The van der Waals surface area contributed by atoms with Crippen LogP contribution in [0.3, 0.4) is 0 Å². The maximum Gasteiger partial charge on any atom is 0.233 e. The van der Waals surface area contributed by atoms with E-state index in [0.717, 1.165) is 24.5 Å². The molecule has 10 heteroatoms. The lowest BCUT2D eigenvalue weighted by Gasteiger charge is -2.27. The third-order valence-electron chi connectivity index (χ3n) is 5.81. The van der Waals surface area contributed by atoms with E-state index in [2.05, 4.69) is 19.9 Å². The first kappa shape index (κ1) is 22.2. The van der Waals surface area contributed by atoms with Gasteiger partial charge in [-0.3, -0.25) is 9.20 Å². The van der Waals surface area contributed by atoms with Crippen molar-refractivity contribution in [3.63, 3.8) is 0 Å². The van der Waals surface area contributed by atoms with Crippen molar-refractivity contribution in [2.24, 2.45) is 0 Å². The number of morpholine rings is 1. The second-order valence-electron chi connectivity index (χ2n) is 8.00. The Labute approximate surface area is 197 Å². The highest BCUT2D eigenvalue weighted by Crippen LogP contribution is 2.23. The molecule has 0 bridgehead atoms. The van der Waals surface area contributed by atoms with E-state index in [4.69, 9.17) is 4.74 Å². The van der Waals surface area contributed by atoms with Crippen LogP contribution in [0, 0.1) is 0 Å². The molecule has 1 aliphatic rings. The summed E-state index contributed by atoms with van der Waals surface area (Å²) in [6.07, 6.45) is 8.80. The summed E-state index contributed by atoms with van der Waals surface area (Å²) in [5.74, 6) is 1.25. The number of hydrogen-bond donors (Lipinski definition) is 0. The van der Waals surface area contributed by atoms with Gasteiger partial charge >= 0.3 is 0 Å². The third-order valence-corrected chi connectivity index (χ3v) is 7.56. The summed E-state index contributed by atoms with van der Waals surface area (Å²) < 4.78 is 33.1. The molecule has 0 atom stereocenters. The summed E-state index contributed by atoms with van der Waals surface area (Å²) in [7, 11) is -3.68. The van der Waals surface area contributed by atoms with Gasteiger partial charge in [-0.2, -0.15) is 0 Å². The fraction of sp³-hybridized carbons (Fsp3) is 0.250. The first-order chi connectivity index (χ1) is 16.5. The average molecular weight is 478 g/mol. The molecule has 9 nitrogen and oxygen atoms in total. The number of imidazole rings is 1. The molecule has 0 saturated carbocycles. The topological polar surface area (TPSA) is 107 Å². The van der Waals surface area contributed by atoms with E-state index in [1.54, 1.807) is 59.4 Å². The Balaban J connectivity index is 1.24. The van der Waals surface area contributed by atoms with E-state index in [1.807, 2.05) is 0 Å². The molecule has 4 aromatic rings. The summed E-state index contributed by atoms with van der Waals surface area (Å²) in [6.45, 7) is 2.74. The van der Waals surface area contributed by atoms with Crippen LogP contribution in [0.4, 0.5) is 5.82 Å². The van der Waals surface area contributed by atoms with Crippen LogP contribution >= 0.6 is 0 Å². The van der Waals surface area contributed by atoms with E-state index in [1.165, 1.54) is 12.4 Å². The fourth-order valence-electron chi connectivity index (χ4n) is 3.84. The van der Waals surface area contributed by atoms with E-state index in [9.17, 15) is 13.2 Å². The third kappa shape index (κ3) is 4.55. The minimum absolute atomic E-state index is 0.0359. The summed E-state index contributed by atoms with van der Waals surface area (Å²) in [5, 5.41) is 0. The van der Waals surface area contributed by atoms with Gasteiger partial charge in [-0.05, 0) is 36.2 Å². The maximum absolute atomic E-state index is 13.0. The monoisotopic (exact) mass is 477 g/mol. The number of sulfone groups is 1. The highest BCUT2D eigenvalue weighted by Gasteiger charge is 2.20. The van der Waals surface area contributed by atoms with Crippen LogP contribution in [0.2, 0.25) is 0 Å². The van der Waals surface area contributed by atoms with Gasteiger partial charge in [0.25, 0.3) is 0 Å². The van der Waals surface area contributed by atoms with Crippen LogP contribution in [-0.4, -0.2) is 59.9 Å². The molecule has 1 saturated heterocycles. The number of carbonyl (C=O) groups excluding carboxylic acids is 1. The number of rotatable bonds is 7. The Morgan fingerprint density at radius 1 is 0.941 bits per heavy atom. The number of benzene rings is 1. The van der Waals surface area contributed by atoms with Crippen molar-refractivity contribution >= 4 is 27.2 Å². The minimum atomic E-state index is -3.68. The number of carbonyl (C=O) groups is 1. The number of aromatic nitrogens is 4. The van der Waals surface area contributed by atoms with E-state index < -0.39 is 9.84 Å².